The normalized spacial score (nSPS) is 18.3. The van der Waals surface area contributed by atoms with Crippen LogP contribution in [0.1, 0.15) is 81.6 Å². The number of alkyl halides is 4. The van der Waals surface area contributed by atoms with Crippen LogP contribution in [0.3, 0.4) is 0 Å². The zero-order valence-electron chi connectivity index (χ0n) is 38.8. The number of rotatable bonds is 16. The fraction of sp³-hybridized carbons (Fsp3) is 0.375. The van der Waals surface area contributed by atoms with Gasteiger partial charge in [-0.1, -0.05) is 60.7 Å². The van der Waals surface area contributed by atoms with Crippen LogP contribution < -0.4 is 28.4 Å². The number of aromatic amines is 2. The second-order valence-corrected chi connectivity index (χ2v) is 17.1. The Morgan fingerprint density at radius 1 is 0.536 bits per heavy atom. The first-order chi connectivity index (χ1) is 33.1. The molecule has 6 aromatic rings. The van der Waals surface area contributed by atoms with Gasteiger partial charge in [-0.2, -0.15) is 18.6 Å². The predicted molar refractivity (Wildman–Crippen MR) is 248 cm³/mol. The van der Waals surface area contributed by atoms with E-state index in [-0.39, 0.29) is 35.1 Å². The minimum absolute atomic E-state index is 0.0273. The van der Waals surface area contributed by atoms with Crippen molar-refractivity contribution in [1.82, 2.24) is 30.2 Å². The van der Waals surface area contributed by atoms with Crippen molar-refractivity contribution in [3.05, 3.63) is 142 Å². The highest BCUT2D eigenvalue weighted by atomic mass is 32.3. The summed E-state index contributed by atoms with van der Waals surface area (Å²) in [5.41, 5.74) is 5.44. The highest BCUT2D eigenvalue weighted by Gasteiger charge is 2.38. The van der Waals surface area contributed by atoms with Gasteiger partial charge in [0, 0.05) is 74.3 Å². The van der Waals surface area contributed by atoms with E-state index in [0.29, 0.717) is 60.7 Å². The van der Waals surface area contributed by atoms with Crippen LogP contribution in [0.4, 0.5) is 17.6 Å². The zero-order valence-corrected chi connectivity index (χ0v) is 39.6. The first-order valence-corrected chi connectivity index (χ1v) is 23.0. The standard InChI is InChI=1S/2C24H27F2N3O3.H2O4S/c2*1-30-21-9-15(10-22(31-2)23(21)32-3)12-29-13-17(16-7-5-4-6-8-16)18(14-29)19-11-20(24(25)26)28-27-19;1-5(2,3)4/h2*4-11,17-18,24H,12-14H2,1-3H3,(H,27,28);(H2,1,2,3,4)/t2*17-,18+;/m00./s1. The van der Waals surface area contributed by atoms with Gasteiger partial charge in [0.25, 0.3) is 12.9 Å². The van der Waals surface area contributed by atoms with Crippen molar-refractivity contribution in [2.24, 2.45) is 0 Å². The van der Waals surface area contributed by atoms with Gasteiger partial charge >= 0.3 is 10.4 Å². The van der Waals surface area contributed by atoms with Crippen molar-refractivity contribution in [3.8, 4) is 34.5 Å². The maximum absolute atomic E-state index is 13.1. The average molecular weight is 985 g/mol. The fourth-order valence-electron chi connectivity index (χ4n) is 9.01. The lowest BCUT2D eigenvalue weighted by molar-refractivity contribution is 0.145. The van der Waals surface area contributed by atoms with Crippen molar-refractivity contribution in [2.75, 3.05) is 68.8 Å². The van der Waals surface area contributed by atoms with Crippen molar-refractivity contribution in [3.63, 3.8) is 0 Å². The fourth-order valence-corrected chi connectivity index (χ4v) is 9.01. The maximum Gasteiger partial charge on any atom is 0.394 e. The Labute approximate surface area is 398 Å². The third kappa shape index (κ3) is 13.4. The molecular formula is C48H56F4N6O10S. The first-order valence-electron chi connectivity index (χ1n) is 21.6. The molecule has 0 spiro atoms. The molecule has 0 bridgehead atoms. The Hall–Kier alpha value is -6.39. The molecule has 372 valence electrons. The Balaban J connectivity index is 0.000000207. The monoisotopic (exact) mass is 984 g/mol. The highest BCUT2D eigenvalue weighted by molar-refractivity contribution is 7.79. The second-order valence-electron chi connectivity index (χ2n) is 16.2. The molecule has 8 rings (SSSR count). The molecule has 0 unspecified atom stereocenters. The molecular weight excluding hydrogens is 929 g/mol. The summed E-state index contributed by atoms with van der Waals surface area (Å²) in [5, 5.41) is 13.3. The number of methoxy groups -OCH3 is 6. The van der Waals surface area contributed by atoms with E-state index in [9.17, 15) is 17.6 Å². The minimum atomic E-state index is -4.67. The number of nitrogens with zero attached hydrogens (tertiary/aromatic N) is 4. The van der Waals surface area contributed by atoms with Gasteiger partial charge in [0.1, 0.15) is 11.4 Å². The van der Waals surface area contributed by atoms with E-state index in [1.54, 1.807) is 42.7 Å². The molecule has 0 aliphatic carbocycles. The molecule has 0 radical (unpaired) electrons. The third-order valence-electron chi connectivity index (χ3n) is 12.0. The smallest absolute Gasteiger partial charge is 0.394 e. The Kier molecular flexibility index (Phi) is 17.9. The molecule has 4 atom stereocenters. The molecule has 2 aliphatic rings. The molecule has 4 N–H and O–H groups in total. The summed E-state index contributed by atoms with van der Waals surface area (Å²) in [6.07, 6.45) is -5.18. The minimum Gasteiger partial charge on any atom is -0.493 e. The molecule has 4 aromatic carbocycles. The Bertz CT molecular complexity index is 2450. The lowest BCUT2D eigenvalue weighted by Crippen LogP contribution is -2.20. The highest BCUT2D eigenvalue weighted by Crippen LogP contribution is 2.44. The van der Waals surface area contributed by atoms with E-state index in [0.717, 1.165) is 35.6 Å². The van der Waals surface area contributed by atoms with E-state index in [1.807, 2.05) is 60.7 Å². The van der Waals surface area contributed by atoms with Crippen molar-refractivity contribution >= 4 is 10.4 Å². The summed E-state index contributed by atoms with van der Waals surface area (Å²) in [6, 6.07) is 31.1. The molecule has 2 aliphatic heterocycles. The van der Waals surface area contributed by atoms with Crippen LogP contribution >= 0.6 is 0 Å². The molecule has 69 heavy (non-hydrogen) atoms. The largest absolute Gasteiger partial charge is 0.493 e. The van der Waals surface area contributed by atoms with Crippen molar-refractivity contribution in [1.29, 1.82) is 0 Å². The molecule has 2 fully saturated rings. The zero-order chi connectivity index (χ0) is 49.8. The summed E-state index contributed by atoms with van der Waals surface area (Å²) in [5.74, 6) is 3.89. The van der Waals surface area contributed by atoms with Crippen LogP contribution in [0.25, 0.3) is 0 Å². The molecule has 16 nitrogen and oxygen atoms in total. The van der Waals surface area contributed by atoms with Gasteiger partial charge in [-0.15, -0.1) is 0 Å². The van der Waals surface area contributed by atoms with E-state index in [4.69, 9.17) is 45.9 Å². The SMILES string of the molecule is COc1cc(CN2C[C@@H](c3ccccc3)[C@H](c3cc(C(F)F)n[nH]3)C2)cc(OC)c1OC.COc1cc(CN2C[C@@H](c3ccccc3)[C@H](c3cc(C(F)F)n[nH]3)C2)cc(OC)c1OC.O=S(=O)(O)O. The van der Waals surface area contributed by atoms with Crippen LogP contribution in [0.5, 0.6) is 34.5 Å². The van der Waals surface area contributed by atoms with Crippen LogP contribution in [0.2, 0.25) is 0 Å². The number of nitrogens with one attached hydrogen (secondary N) is 2. The maximum atomic E-state index is 13.1. The predicted octanol–water partition coefficient (Wildman–Crippen LogP) is 8.86. The van der Waals surface area contributed by atoms with Gasteiger partial charge in [-0.25, -0.2) is 17.6 Å². The van der Waals surface area contributed by atoms with Crippen LogP contribution in [-0.4, -0.2) is 117 Å². The Morgan fingerprint density at radius 2 is 0.841 bits per heavy atom. The van der Waals surface area contributed by atoms with Gasteiger partial charge in [-0.05, 0) is 58.7 Å². The number of halogens is 4. The van der Waals surface area contributed by atoms with E-state index in [1.165, 1.54) is 23.3 Å². The second kappa shape index (κ2) is 23.8. The molecule has 0 saturated carbocycles. The summed E-state index contributed by atoms with van der Waals surface area (Å²) in [6.45, 7) is 4.31. The molecule has 21 heteroatoms. The van der Waals surface area contributed by atoms with Gasteiger partial charge in [-0.3, -0.25) is 29.1 Å². The van der Waals surface area contributed by atoms with Crippen LogP contribution in [-0.2, 0) is 23.5 Å². The lowest BCUT2D eigenvalue weighted by atomic mass is 9.87. The van der Waals surface area contributed by atoms with Gasteiger partial charge in [0.05, 0.1) is 42.7 Å². The van der Waals surface area contributed by atoms with Crippen molar-refractivity contribution in [2.45, 2.75) is 49.6 Å². The third-order valence-corrected chi connectivity index (χ3v) is 12.0. The summed E-state index contributed by atoms with van der Waals surface area (Å²) < 4.78 is 117. The number of likely N-dealkylation sites (tertiary alicyclic amines) is 2. The summed E-state index contributed by atoms with van der Waals surface area (Å²) >= 11 is 0. The number of hydrogen-bond acceptors (Lipinski definition) is 12. The number of benzene rings is 4. The lowest BCUT2D eigenvalue weighted by Gasteiger charge is -2.19. The van der Waals surface area contributed by atoms with E-state index in [2.05, 4.69) is 54.5 Å². The van der Waals surface area contributed by atoms with Gasteiger partial charge in [0.15, 0.2) is 23.0 Å². The van der Waals surface area contributed by atoms with Crippen molar-refractivity contribution < 1.29 is 63.5 Å². The van der Waals surface area contributed by atoms with Crippen LogP contribution in [0.15, 0.2) is 97.1 Å². The molecule has 2 aromatic heterocycles. The van der Waals surface area contributed by atoms with Gasteiger partial charge in [0.2, 0.25) is 11.5 Å². The summed E-state index contributed by atoms with van der Waals surface area (Å²) in [4.78, 5) is 4.62. The number of hydrogen-bond donors (Lipinski definition) is 4. The van der Waals surface area contributed by atoms with E-state index < -0.39 is 23.2 Å². The van der Waals surface area contributed by atoms with E-state index >= 15 is 0 Å². The number of aromatic nitrogens is 4. The van der Waals surface area contributed by atoms with Crippen LogP contribution in [0, 0.1) is 0 Å². The average Bonchev–Trinajstić information content (AvgIpc) is 4.18. The number of H-pyrrole nitrogens is 2. The summed E-state index contributed by atoms with van der Waals surface area (Å²) in [7, 11) is 4.87. The topological polar surface area (TPSA) is 194 Å². The molecule has 0 amide bonds. The van der Waals surface area contributed by atoms with Gasteiger partial charge < -0.3 is 28.4 Å². The Morgan fingerprint density at radius 3 is 1.10 bits per heavy atom. The molecule has 4 heterocycles. The molecule has 2 saturated heterocycles. The first kappa shape index (κ1) is 52.0. The quantitative estimate of drug-likeness (QED) is 0.0531. The number of ether oxygens (including phenoxy) is 6.